The predicted molar refractivity (Wildman–Crippen MR) is 152 cm³/mol. The van der Waals surface area contributed by atoms with E-state index in [1.54, 1.807) is 0 Å². The highest BCUT2D eigenvalue weighted by Gasteiger charge is 2.24. The van der Waals surface area contributed by atoms with Crippen LogP contribution in [-0.2, 0) is 14.4 Å². The van der Waals surface area contributed by atoms with E-state index in [4.69, 9.17) is 10.2 Å². The van der Waals surface area contributed by atoms with Gasteiger partial charge in [0.25, 0.3) is 0 Å². The molecule has 38 heavy (non-hydrogen) atoms. The van der Waals surface area contributed by atoms with Gasteiger partial charge in [-0.2, -0.15) is 0 Å². The van der Waals surface area contributed by atoms with Crippen LogP contribution in [0.3, 0.4) is 0 Å². The van der Waals surface area contributed by atoms with Crippen molar-refractivity contribution >= 4 is 17.9 Å². The molecule has 0 saturated carbocycles. The molecule has 0 radical (unpaired) electrons. The molecule has 0 unspecified atom stereocenters. The Morgan fingerprint density at radius 3 is 1.32 bits per heavy atom. The fraction of sp³-hybridized carbons (Fsp3) is 0.839. The van der Waals surface area contributed by atoms with Crippen LogP contribution in [0.4, 0.5) is 0 Å². The first-order chi connectivity index (χ1) is 18.3. The Morgan fingerprint density at radius 2 is 0.947 bits per heavy atom. The number of rotatable bonds is 29. The number of unbranched alkanes of at least 4 members (excludes halogenated alkanes) is 15. The summed E-state index contributed by atoms with van der Waals surface area (Å²) in [6.45, 7) is 3.93. The van der Waals surface area contributed by atoms with Crippen molar-refractivity contribution in [2.45, 2.75) is 148 Å². The molecule has 0 bridgehead atoms. The Morgan fingerprint density at radius 1 is 0.579 bits per heavy atom. The Kier molecular flexibility index (Phi) is 24.1. The summed E-state index contributed by atoms with van der Waals surface area (Å²) in [5.41, 5.74) is 0. The minimum atomic E-state index is -1.10. The van der Waals surface area contributed by atoms with Gasteiger partial charge in [-0.15, -0.1) is 0 Å². The molecule has 0 saturated heterocycles. The van der Waals surface area contributed by atoms with Gasteiger partial charge >= 0.3 is 11.9 Å². The van der Waals surface area contributed by atoms with E-state index in [2.05, 4.69) is 19.2 Å². The molecule has 0 aliphatic carbocycles. The summed E-state index contributed by atoms with van der Waals surface area (Å²) in [6.07, 6.45) is 26.4. The number of aliphatic carboxylic acids is 3. The zero-order valence-corrected chi connectivity index (χ0v) is 24.3. The molecule has 0 spiro atoms. The lowest BCUT2D eigenvalue weighted by Crippen LogP contribution is -2.46. The number of carbonyl (C=O) groups excluding carboxylic acids is 1. The van der Waals surface area contributed by atoms with Crippen LogP contribution in [0.2, 0.25) is 0 Å². The number of carbonyl (C=O) groups is 3. The maximum atomic E-state index is 11.0. The fourth-order valence-corrected chi connectivity index (χ4v) is 5.12. The molecular weight excluding hydrogens is 482 g/mol. The molecule has 7 heteroatoms. The van der Waals surface area contributed by atoms with Gasteiger partial charge in [-0.3, -0.25) is 14.1 Å². The summed E-state index contributed by atoms with van der Waals surface area (Å²) in [4.78, 5) is 33.0. The number of hydrogen-bond donors (Lipinski definition) is 2. The highest BCUT2D eigenvalue weighted by atomic mass is 16.4. The van der Waals surface area contributed by atoms with Crippen molar-refractivity contribution in [1.29, 1.82) is 0 Å². The molecule has 0 aromatic heterocycles. The summed E-state index contributed by atoms with van der Waals surface area (Å²) < 4.78 is 0.437. The molecule has 7 nitrogen and oxygen atoms in total. The van der Waals surface area contributed by atoms with Crippen LogP contribution in [0, 0.1) is 0 Å². The smallest absolute Gasteiger partial charge is 0.303 e. The lowest BCUT2D eigenvalue weighted by atomic mass is 10.0. The van der Waals surface area contributed by atoms with E-state index in [1.807, 2.05) is 0 Å². The van der Waals surface area contributed by atoms with Gasteiger partial charge in [-0.25, -0.2) is 0 Å². The number of hydrogen-bond acceptors (Lipinski definition) is 4. The van der Waals surface area contributed by atoms with E-state index in [9.17, 15) is 19.5 Å². The topological polar surface area (TPSA) is 115 Å². The summed E-state index contributed by atoms with van der Waals surface area (Å²) in [6, 6.07) is 0. The number of carboxylic acids is 3. The minimum Gasteiger partial charge on any atom is -0.550 e. The highest BCUT2D eigenvalue weighted by Crippen LogP contribution is 2.18. The third kappa shape index (κ3) is 24.4. The number of carboxylic acid groups (broad SMARTS) is 3. The minimum absolute atomic E-state index is 0.0479. The number of quaternary nitrogens is 1. The van der Waals surface area contributed by atoms with Crippen LogP contribution in [0.1, 0.15) is 148 Å². The lowest BCUT2D eigenvalue weighted by Gasteiger charge is -2.35. The summed E-state index contributed by atoms with van der Waals surface area (Å²) in [7, 11) is 0. The van der Waals surface area contributed by atoms with Gasteiger partial charge in [0.05, 0.1) is 38.7 Å². The van der Waals surface area contributed by atoms with Gasteiger partial charge in [0, 0.05) is 25.2 Å². The summed E-state index contributed by atoms with van der Waals surface area (Å²) >= 11 is 0. The van der Waals surface area contributed by atoms with Crippen LogP contribution in [0.5, 0.6) is 0 Å². The Hall–Kier alpha value is -1.89. The van der Waals surface area contributed by atoms with Gasteiger partial charge in [0.2, 0.25) is 0 Å². The second-order valence-electron chi connectivity index (χ2n) is 11.0. The third-order valence-corrected chi connectivity index (χ3v) is 7.37. The van der Waals surface area contributed by atoms with E-state index >= 15 is 0 Å². The van der Waals surface area contributed by atoms with Gasteiger partial charge in [-0.1, -0.05) is 96.8 Å². The van der Waals surface area contributed by atoms with Crippen molar-refractivity contribution in [3.8, 4) is 0 Å². The quantitative estimate of drug-likeness (QED) is 0.0794. The van der Waals surface area contributed by atoms with Crippen molar-refractivity contribution in [1.82, 2.24) is 0 Å². The van der Waals surface area contributed by atoms with Crippen LogP contribution >= 0.6 is 0 Å². The standard InChI is InChI=1S/C31H57NO6/c1-2-3-4-5-6-7-8-9-10-11-12-13-14-15-16-17-18-25-32(26-19-22-29(33)34,27-20-23-30(35)36)28-21-24-31(37)38/h18,25H,2-17,19-24,26-28H2,1H3,(H2-,33,34,35,36,37,38)/b25-18+. The second-order valence-corrected chi connectivity index (χ2v) is 11.0. The van der Waals surface area contributed by atoms with Crippen LogP contribution in [0.15, 0.2) is 12.3 Å². The number of nitrogens with zero attached hydrogens (tertiary/aromatic N) is 1. The zero-order valence-electron chi connectivity index (χ0n) is 24.3. The highest BCUT2D eigenvalue weighted by molar-refractivity contribution is 5.66. The largest absolute Gasteiger partial charge is 0.550 e. The zero-order chi connectivity index (χ0) is 28.3. The molecule has 0 aromatic rings. The monoisotopic (exact) mass is 539 g/mol. The van der Waals surface area contributed by atoms with E-state index in [-0.39, 0.29) is 19.3 Å². The van der Waals surface area contributed by atoms with E-state index in [1.165, 1.54) is 89.9 Å². The molecule has 0 fully saturated rings. The van der Waals surface area contributed by atoms with Crippen molar-refractivity contribution in [2.24, 2.45) is 0 Å². The molecule has 0 aliphatic rings. The lowest BCUT2D eigenvalue weighted by molar-refractivity contribution is -0.880. The molecule has 0 amide bonds. The van der Waals surface area contributed by atoms with Crippen molar-refractivity contribution in [3.63, 3.8) is 0 Å². The molecule has 0 rings (SSSR count). The van der Waals surface area contributed by atoms with Gasteiger partial charge in [-0.05, 0) is 25.3 Å². The average Bonchev–Trinajstić information content (AvgIpc) is 2.85. The predicted octanol–water partition coefficient (Wildman–Crippen LogP) is 6.84. The van der Waals surface area contributed by atoms with Crippen molar-refractivity contribution in [2.75, 3.05) is 19.6 Å². The first-order valence-corrected chi connectivity index (χ1v) is 15.5. The Bertz CT molecular complexity index is 584. The molecule has 0 atom stereocenters. The van der Waals surface area contributed by atoms with Crippen LogP contribution in [0.25, 0.3) is 0 Å². The Labute approximate surface area is 232 Å². The van der Waals surface area contributed by atoms with Crippen molar-refractivity contribution < 1.29 is 34.2 Å². The van der Waals surface area contributed by atoms with Crippen LogP contribution in [-0.4, -0.2) is 52.2 Å². The third-order valence-electron chi connectivity index (χ3n) is 7.37. The van der Waals surface area contributed by atoms with Gasteiger partial charge in [0.1, 0.15) is 0 Å². The molecule has 0 heterocycles. The maximum absolute atomic E-state index is 11.0. The first kappa shape index (κ1) is 36.1. The van der Waals surface area contributed by atoms with Crippen molar-refractivity contribution in [3.05, 3.63) is 12.3 Å². The SMILES string of the molecule is CCCCCCCCCCCCCCCCC/C=C/[N+](CCCC(=O)[O-])(CCCC(=O)O)CCCC(=O)O. The maximum Gasteiger partial charge on any atom is 0.303 e. The molecular formula is C31H57NO6. The summed E-state index contributed by atoms with van der Waals surface area (Å²) in [5, 5.41) is 29.0. The second kappa shape index (κ2) is 25.4. The fourth-order valence-electron chi connectivity index (χ4n) is 5.12. The van der Waals surface area contributed by atoms with E-state index < -0.39 is 17.9 Å². The number of allylic oxidation sites excluding steroid dienone is 1. The van der Waals surface area contributed by atoms with E-state index in [0.29, 0.717) is 43.4 Å². The normalized spacial score (nSPS) is 11.8. The molecule has 2 N–H and O–H groups in total. The van der Waals surface area contributed by atoms with Gasteiger partial charge in [0.15, 0.2) is 0 Å². The molecule has 0 aromatic carbocycles. The van der Waals surface area contributed by atoms with Gasteiger partial charge < -0.3 is 20.1 Å². The first-order valence-electron chi connectivity index (χ1n) is 15.5. The molecule has 222 valence electrons. The summed E-state index contributed by atoms with van der Waals surface area (Å²) in [5.74, 6) is -2.81. The average molecular weight is 540 g/mol. The molecule has 0 aliphatic heterocycles. The van der Waals surface area contributed by atoms with Crippen LogP contribution < -0.4 is 5.11 Å². The Balaban J connectivity index is 4.30. The van der Waals surface area contributed by atoms with E-state index in [0.717, 1.165) is 12.8 Å².